The lowest BCUT2D eigenvalue weighted by molar-refractivity contribution is -0.156. The average molecular weight is 243 g/mol. The van der Waals surface area contributed by atoms with Gasteiger partial charge in [-0.2, -0.15) is 0 Å². The van der Waals surface area contributed by atoms with Gasteiger partial charge in [-0.05, 0) is 53.0 Å². The molecule has 0 aromatic carbocycles. The molecule has 0 aromatic rings. The fourth-order valence-corrected chi connectivity index (χ4v) is 2.30. The summed E-state index contributed by atoms with van der Waals surface area (Å²) in [5.41, 5.74) is -0.405. The van der Waals surface area contributed by atoms with Crippen LogP contribution < -0.4 is 0 Å². The zero-order valence-corrected chi connectivity index (χ0v) is 11.2. The highest BCUT2D eigenvalue weighted by molar-refractivity contribution is 5.72. The number of hydrogen-bond acceptors (Lipinski definition) is 4. The Kier molecular flexibility index (Phi) is 5.40. The van der Waals surface area contributed by atoms with Gasteiger partial charge in [0, 0.05) is 12.6 Å². The van der Waals surface area contributed by atoms with Gasteiger partial charge < -0.3 is 9.84 Å². The Hall–Kier alpha value is -0.610. The summed E-state index contributed by atoms with van der Waals surface area (Å²) < 4.78 is 5.32. The highest BCUT2D eigenvalue weighted by Gasteiger charge is 2.27. The molecular formula is C13H25NO3. The van der Waals surface area contributed by atoms with Crippen molar-refractivity contribution in [3.63, 3.8) is 0 Å². The maximum atomic E-state index is 11.7. The molecule has 0 bridgehead atoms. The van der Waals surface area contributed by atoms with Crippen molar-refractivity contribution in [2.24, 2.45) is 0 Å². The van der Waals surface area contributed by atoms with Crippen molar-refractivity contribution in [1.82, 2.24) is 4.90 Å². The Morgan fingerprint density at radius 1 is 1.47 bits per heavy atom. The Bertz CT molecular complexity index is 248. The largest absolute Gasteiger partial charge is 0.459 e. The number of carbonyl (C=O) groups is 1. The fourth-order valence-electron chi connectivity index (χ4n) is 2.30. The molecule has 1 aliphatic rings. The van der Waals surface area contributed by atoms with E-state index in [1.54, 1.807) is 0 Å². The van der Waals surface area contributed by atoms with Crippen LogP contribution in [-0.4, -0.2) is 47.3 Å². The van der Waals surface area contributed by atoms with Crippen molar-refractivity contribution in [3.05, 3.63) is 0 Å². The molecule has 0 saturated carbocycles. The summed E-state index contributed by atoms with van der Waals surface area (Å²) in [6.07, 6.45) is 4.05. The zero-order valence-electron chi connectivity index (χ0n) is 11.2. The molecule has 1 unspecified atom stereocenters. The lowest BCUT2D eigenvalue weighted by Crippen LogP contribution is -2.37. The van der Waals surface area contributed by atoms with E-state index in [9.17, 15) is 4.79 Å². The molecule has 0 amide bonds. The molecule has 17 heavy (non-hydrogen) atoms. The number of carbonyl (C=O) groups excluding carboxylic acids is 1. The van der Waals surface area contributed by atoms with E-state index in [1.807, 2.05) is 20.8 Å². The summed E-state index contributed by atoms with van der Waals surface area (Å²) in [6, 6.07) is 0.440. The molecule has 100 valence electrons. The van der Waals surface area contributed by atoms with Crippen molar-refractivity contribution < 1.29 is 14.6 Å². The van der Waals surface area contributed by atoms with E-state index in [-0.39, 0.29) is 12.6 Å². The van der Waals surface area contributed by atoms with Crippen LogP contribution in [0, 0.1) is 0 Å². The second-order valence-electron chi connectivity index (χ2n) is 5.72. The third kappa shape index (κ3) is 5.50. The quantitative estimate of drug-likeness (QED) is 0.745. The van der Waals surface area contributed by atoms with E-state index < -0.39 is 5.60 Å². The molecule has 0 aliphatic carbocycles. The van der Waals surface area contributed by atoms with Crippen LogP contribution in [0.4, 0.5) is 0 Å². The maximum Gasteiger partial charge on any atom is 0.320 e. The summed E-state index contributed by atoms with van der Waals surface area (Å²) in [6.45, 7) is 7.24. The summed E-state index contributed by atoms with van der Waals surface area (Å²) in [5.74, 6) is -0.145. The molecule has 1 atom stereocenters. The number of hydrogen-bond donors (Lipinski definition) is 1. The van der Waals surface area contributed by atoms with Crippen LogP contribution >= 0.6 is 0 Å². The third-order valence-corrected chi connectivity index (χ3v) is 2.95. The van der Waals surface area contributed by atoms with Crippen LogP contribution in [-0.2, 0) is 9.53 Å². The summed E-state index contributed by atoms with van der Waals surface area (Å²) in [5, 5.41) is 8.84. The van der Waals surface area contributed by atoms with Crippen molar-refractivity contribution in [3.8, 4) is 0 Å². The molecule has 1 N–H and O–H groups in total. The monoisotopic (exact) mass is 243 g/mol. The first-order valence-corrected chi connectivity index (χ1v) is 6.49. The summed E-state index contributed by atoms with van der Waals surface area (Å²) in [4.78, 5) is 13.9. The summed E-state index contributed by atoms with van der Waals surface area (Å²) in [7, 11) is 0. The third-order valence-electron chi connectivity index (χ3n) is 2.95. The number of rotatable bonds is 5. The highest BCUT2D eigenvalue weighted by atomic mass is 16.6. The van der Waals surface area contributed by atoms with E-state index in [0.717, 1.165) is 32.2 Å². The molecule has 4 nitrogen and oxygen atoms in total. The molecular weight excluding hydrogens is 218 g/mol. The number of likely N-dealkylation sites (tertiary alicyclic amines) is 1. The second kappa shape index (κ2) is 6.36. The first-order valence-electron chi connectivity index (χ1n) is 6.49. The van der Waals surface area contributed by atoms with Gasteiger partial charge in [-0.3, -0.25) is 9.69 Å². The molecule has 0 spiro atoms. The molecule has 1 saturated heterocycles. The minimum absolute atomic E-state index is 0.145. The molecule has 1 heterocycles. The molecule has 4 heteroatoms. The minimum atomic E-state index is -0.405. The van der Waals surface area contributed by atoms with Gasteiger partial charge >= 0.3 is 5.97 Å². The average Bonchev–Trinajstić information content (AvgIpc) is 2.59. The van der Waals surface area contributed by atoms with Crippen LogP contribution in [0.1, 0.15) is 46.5 Å². The molecule has 1 rings (SSSR count). The smallest absolute Gasteiger partial charge is 0.320 e. The van der Waals surface area contributed by atoms with E-state index in [4.69, 9.17) is 9.84 Å². The van der Waals surface area contributed by atoms with Gasteiger partial charge in [0.2, 0.25) is 0 Å². The van der Waals surface area contributed by atoms with Crippen LogP contribution in [0.25, 0.3) is 0 Å². The van der Waals surface area contributed by atoms with Crippen molar-refractivity contribution in [2.45, 2.75) is 58.1 Å². The first kappa shape index (κ1) is 14.5. The van der Waals surface area contributed by atoms with Gasteiger partial charge in [0.25, 0.3) is 0 Å². The van der Waals surface area contributed by atoms with E-state index in [2.05, 4.69) is 4.90 Å². The minimum Gasteiger partial charge on any atom is -0.459 e. The maximum absolute atomic E-state index is 11.7. The predicted molar refractivity (Wildman–Crippen MR) is 66.8 cm³/mol. The Balaban J connectivity index is 2.36. The van der Waals surface area contributed by atoms with Gasteiger partial charge in [0.1, 0.15) is 5.60 Å². The van der Waals surface area contributed by atoms with E-state index in [1.165, 1.54) is 0 Å². The van der Waals surface area contributed by atoms with Crippen molar-refractivity contribution in [1.29, 1.82) is 0 Å². The number of nitrogens with zero attached hydrogens (tertiary/aromatic N) is 1. The fraction of sp³-hybridized carbons (Fsp3) is 0.923. The molecule has 0 aromatic heterocycles. The second-order valence-corrected chi connectivity index (χ2v) is 5.72. The normalized spacial score (nSPS) is 21.8. The van der Waals surface area contributed by atoms with Crippen LogP contribution in [0.2, 0.25) is 0 Å². The van der Waals surface area contributed by atoms with Crippen LogP contribution in [0.3, 0.4) is 0 Å². The Morgan fingerprint density at radius 2 is 2.18 bits per heavy atom. The zero-order chi connectivity index (χ0) is 12.9. The lowest BCUT2D eigenvalue weighted by atomic mass is 10.1. The number of ether oxygens (including phenoxy) is 1. The van der Waals surface area contributed by atoms with Crippen molar-refractivity contribution in [2.75, 3.05) is 19.7 Å². The van der Waals surface area contributed by atoms with Crippen molar-refractivity contribution >= 4 is 5.97 Å². The van der Waals surface area contributed by atoms with Gasteiger partial charge in [-0.1, -0.05) is 0 Å². The lowest BCUT2D eigenvalue weighted by Gasteiger charge is -2.26. The van der Waals surface area contributed by atoms with Gasteiger partial charge in [-0.25, -0.2) is 0 Å². The molecule has 1 fully saturated rings. The highest BCUT2D eigenvalue weighted by Crippen LogP contribution is 2.21. The van der Waals surface area contributed by atoms with Gasteiger partial charge in [0.15, 0.2) is 0 Å². The number of aliphatic hydroxyl groups excluding tert-OH is 1. The number of aliphatic hydroxyl groups is 1. The van der Waals surface area contributed by atoms with Crippen LogP contribution in [0.5, 0.6) is 0 Å². The number of esters is 1. The van der Waals surface area contributed by atoms with Gasteiger partial charge in [-0.15, -0.1) is 0 Å². The predicted octanol–water partition coefficient (Wildman–Crippen LogP) is 1.56. The van der Waals surface area contributed by atoms with Gasteiger partial charge in [0.05, 0.1) is 6.54 Å². The standard InChI is InChI=1S/C13H25NO3/c1-13(2,3)17-12(16)10-14-8-4-6-11(14)7-5-9-15/h11,15H,4-10H2,1-3H3. The molecule has 0 radical (unpaired) electrons. The Labute approximate surface area is 104 Å². The van der Waals surface area contributed by atoms with E-state index >= 15 is 0 Å². The Morgan fingerprint density at radius 3 is 2.76 bits per heavy atom. The van der Waals surface area contributed by atoms with E-state index in [0.29, 0.717) is 12.6 Å². The molecule has 1 aliphatic heterocycles. The topological polar surface area (TPSA) is 49.8 Å². The first-order chi connectivity index (χ1) is 7.92. The SMILES string of the molecule is CC(C)(C)OC(=O)CN1CCCC1CCCO. The van der Waals surface area contributed by atoms with Crippen LogP contribution in [0.15, 0.2) is 0 Å². The summed E-state index contributed by atoms with van der Waals surface area (Å²) >= 11 is 0.